The molecule has 0 bridgehead atoms. The molecule has 0 radical (unpaired) electrons. The topological polar surface area (TPSA) is 35.2 Å². The summed E-state index contributed by atoms with van der Waals surface area (Å²) in [6, 6.07) is 4.34. The van der Waals surface area contributed by atoms with E-state index >= 15 is 0 Å². The molecular formula is C16H26FNO. The lowest BCUT2D eigenvalue weighted by molar-refractivity contribution is 0.299. The fourth-order valence-corrected chi connectivity index (χ4v) is 2.07. The van der Waals surface area contributed by atoms with Gasteiger partial charge in [-0.05, 0) is 31.5 Å². The van der Waals surface area contributed by atoms with Crippen LogP contribution < -0.4 is 10.5 Å². The van der Waals surface area contributed by atoms with Crippen molar-refractivity contribution in [2.45, 2.75) is 58.4 Å². The van der Waals surface area contributed by atoms with Gasteiger partial charge >= 0.3 is 0 Å². The quantitative estimate of drug-likeness (QED) is 0.664. The number of halogens is 1. The van der Waals surface area contributed by atoms with E-state index in [4.69, 9.17) is 10.5 Å². The standard InChI is InChI=1S/C16H26FNO/c1-3-4-5-6-7-8-11-19-16-10-9-14(17)12-15(16)13(2)18/h9-10,12-13H,3-8,11,18H2,1-2H3/t13-/m1/s1. The Kier molecular flexibility index (Phi) is 7.49. The fraction of sp³-hybridized carbons (Fsp3) is 0.625. The number of benzene rings is 1. The first-order valence-corrected chi connectivity index (χ1v) is 7.33. The minimum absolute atomic E-state index is 0.213. The van der Waals surface area contributed by atoms with E-state index in [1.54, 1.807) is 6.07 Å². The largest absolute Gasteiger partial charge is 0.493 e. The number of rotatable bonds is 9. The lowest BCUT2D eigenvalue weighted by atomic mass is 10.1. The molecule has 0 aliphatic carbocycles. The van der Waals surface area contributed by atoms with E-state index in [0.717, 1.165) is 12.0 Å². The number of nitrogens with two attached hydrogens (primary N) is 1. The molecule has 108 valence electrons. The van der Waals surface area contributed by atoms with Crippen molar-refractivity contribution in [2.75, 3.05) is 6.61 Å². The maximum Gasteiger partial charge on any atom is 0.124 e. The molecule has 0 aliphatic heterocycles. The Hall–Kier alpha value is -1.09. The van der Waals surface area contributed by atoms with E-state index in [2.05, 4.69) is 6.92 Å². The third-order valence-corrected chi connectivity index (χ3v) is 3.22. The van der Waals surface area contributed by atoms with Crippen LogP contribution in [0, 0.1) is 5.82 Å². The molecule has 0 fully saturated rings. The van der Waals surface area contributed by atoms with Gasteiger partial charge in [-0.2, -0.15) is 0 Å². The first-order chi connectivity index (χ1) is 9.15. The predicted octanol–water partition coefficient (Wildman–Crippen LogP) is 4.58. The lowest BCUT2D eigenvalue weighted by Gasteiger charge is -2.14. The summed E-state index contributed by atoms with van der Waals surface area (Å²) in [7, 11) is 0. The second-order valence-electron chi connectivity index (χ2n) is 5.09. The fourth-order valence-electron chi connectivity index (χ4n) is 2.07. The highest BCUT2D eigenvalue weighted by molar-refractivity contribution is 5.36. The monoisotopic (exact) mass is 267 g/mol. The van der Waals surface area contributed by atoms with E-state index < -0.39 is 0 Å². The van der Waals surface area contributed by atoms with E-state index in [0.29, 0.717) is 12.4 Å². The first kappa shape index (κ1) is 16.0. The average molecular weight is 267 g/mol. The Morgan fingerprint density at radius 2 is 1.84 bits per heavy atom. The molecule has 1 aromatic carbocycles. The third kappa shape index (κ3) is 6.06. The van der Waals surface area contributed by atoms with Crippen LogP contribution in [0.5, 0.6) is 5.75 Å². The molecule has 0 amide bonds. The maximum absolute atomic E-state index is 13.2. The van der Waals surface area contributed by atoms with Gasteiger partial charge < -0.3 is 10.5 Å². The zero-order valence-electron chi connectivity index (χ0n) is 12.1. The normalized spacial score (nSPS) is 12.4. The number of unbranched alkanes of at least 4 members (excludes halogenated alkanes) is 5. The Balaban J connectivity index is 2.33. The van der Waals surface area contributed by atoms with Crippen LogP contribution >= 0.6 is 0 Å². The highest BCUT2D eigenvalue weighted by Gasteiger charge is 2.09. The predicted molar refractivity (Wildman–Crippen MR) is 77.9 cm³/mol. The molecule has 1 rings (SSSR count). The van der Waals surface area contributed by atoms with Gasteiger partial charge in [0.2, 0.25) is 0 Å². The van der Waals surface area contributed by atoms with Gasteiger partial charge in [-0.1, -0.05) is 39.0 Å². The summed E-state index contributed by atoms with van der Waals surface area (Å²) in [6.07, 6.45) is 7.38. The molecule has 1 aromatic rings. The zero-order valence-corrected chi connectivity index (χ0v) is 12.1. The van der Waals surface area contributed by atoms with Crippen molar-refractivity contribution in [3.05, 3.63) is 29.6 Å². The SMILES string of the molecule is CCCCCCCCOc1ccc(F)cc1[C@@H](C)N. The van der Waals surface area contributed by atoms with E-state index in [-0.39, 0.29) is 11.9 Å². The number of hydrogen-bond acceptors (Lipinski definition) is 2. The minimum atomic E-state index is -0.265. The third-order valence-electron chi connectivity index (χ3n) is 3.22. The van der Waals surface area contributed by atoms with Crippen molar-refractivity contribution in [2.24, 2.45) is 5.73 Å². The molecule has 1 atom stereocenters. The number of ether oxygens (including phenoxy) is 1. The summed E-state index contributed by atoms with van der Waals surface area (Å²) in [5.74, 6) is 0.448. The maximum atomic E-state index is 13.2. The van der Waals surface area contributed by atoms with Crippen LogP contribution in [0.1, 0.15) is 64.0 Å². The highest BCUT2D eigenvalue weighted by atomic mass is 19.1. The molecule has 19 heavy (non-hydrogen) atoms. The molecule has 0 aliphatic rings. The van der Waals surface area contributed by atoms with Crippen LogP contribution in [-0.2, 0) is 0 Å². The summed E-state index contributed by atoms with van der Waals surface area (Å²) in [5.41, 5.74) is 6.56. The summed E-state index contributed by atoms with van der Waals surface area (Å²) < 4.78 is 18.9. The molecule has 2 N–H and O–H groups in total. The van der Waals surface area contributed by atoms with Crippen molar-refractivity contribution < 1.29 is 9.13 Å². The van der Waals surface area contributed by atoms with Gasteiger partial charge in [0.25, 0.3) is 0 Å². The molecule has 0 unspecified atom stereocenters. The molecular weight excluding hydrogens is 241 g/mol. The van der Waals surface area contributed by atoms with Crippen molar-refractivity contribution in [1.82, 2.24) is 0 Å². The Bertz CT molecular complexity index is 366. The summed E-state index contributed by atoms with van der Waals surface area (Å²) in [6.45, 7) is 4.73. The van der Waals surface area contributed by atoms with Gasteiger partial charge in [0.15, 0.2) is 0 Å². The smallest absolute Gasteiger partial charge is 0.124 e. The molecule has 0 heterocycles. The molecule has 0 saturated heterocycles. The van der Waals surface area contributed by atoms with E-state index in [1.165, 1.54) is 44.2 Å². The van der Waals surface area contributed by atoms with Crippen LogP contribution in [0.4, 0.5) is 4.39 Å². The van der Waals surface area contributed by atoms with Crippen LogP contribution in [0.25, 0.3) is 0 Å². The van der Waals surface area contributed by atoms with Crippen LogP contribution in [0.3, 0.4) is 0 Å². The highest BCUT2D eigenvalue weighted by Crippen LogP contribution is 2.25. The average Bonchev–Trinajstić information content (AvgIpc) is 2.39. The van der Waals surface area contributed by atoms with Crippen LogP contribution in [0.15, 0.2) is 18.2 Å². The van der Waals surface area contributed by atoms with Crippen molar-refractivity contribution >= 4 is 0 Å². The second-order valence-corrected chi connectivity index (χ2v) is 5.09. The van der Waals surface area contributed by atoms with Crippen molar-refractivity contribution in [3.8, 4) is 5.75 Å². The van der Waals surface area contributed by atoms with Gasteiger partial charge in [0, 0.05) is 11.6 Å². The van der Waals surface area contributed by atoms with Gasteiger partial charge in [0.05, 0.1) is 6.61 Å². The summed E-state index contributed by atoms with van der Waals surface area (Å²) >= 11 is 0. The van der Waals surface area contributed by atoms with Crippen LogP contribution in [-0.4, -0.2) is 6.61 Å². The summed E-state index contributed by atoms with van der Waals surface area (Å²) in [4.78, 5) is 0. The Morgan fingerprint density at radius 3 is 2.53 bits per heavy atom. The van der Waals surface area contributed by atoms with Gasteiger partial charge in [-0.3, -0.25) is 0 Å². The Morgan fingerprint density at radius 1 is 1.16 bits per heavy atom. The van der Waals surface area contributed by atoms with Crippen molar-refractivity contribution in [1.29, 1.82) is 0 Å². The summed E-state index contributed by atoms with van der Waals surface area (Å²) in [5, 5.41) is 0. The van der Waals surface area contributed by atoms with E-state index in [9.17, 15) is 4.39 Å². The molecule has 0 saturated carbocycles. The van der Waals surface area contributed by atoms with E-state index in [1.807, 2.05) is 6.92 Å². The molecule has 2 nitrogen and oxygen atoms in total. The van der Waals surface area contributed by atoms with Gasteiger partial charge in [-0.15, -0.1) is 0 Å². The van der Waals surface area contributed by atoms with Gasteiger partial charge in [-0.25, -0.2) is 4.39 Å². The zero-order chi connectivity index (χ0) is 14.1. The first-order valence-electron chi connectivity index (χ1n) is 7.33. The van der Waals surface area contributed by atoms with Crippen molar-refractivity contribution in [3.63, 3.8) is 0 Å². The minimum Gasteiger partial charge on any atom is -0.493 e. The second kappa shape index (κ2) is 8.92. The molecule has 0 aromatic heterocycles. The Labute approximate surface area is 116 Å². The van der Waals surface area contributed by atoms with Gasteiger partial charge in [0.1, 0.15) is 11.6 Å². The number of hydrogen-bond donors (Lipinski definition) is 1. The molecule has 3 heteroatoms. The molecule has 0 spiro atoms. The van der Waals surface area contributed by atoms with Crippen LogP contribution in [0.2, 0.25) is 0 Å². The lowest BCUT2D eigenvalue weighted by Crippen LogP contribution is -2.09.